The van der Waals surface area contributed by atoms with Crippen molar-refractivity contribution in [3.63, 3.8) is 0 Å². The van der Waals surface area contributed by atoms with Crippen molar-refractivity contribution in [2.24, 2.45) is 0 Å². The fourth-order valence-electron chi connectivity index (χ4n) is 2.71. The maximum atomic E-state index is 12.3. The molecule has 0 radical (unpaired) electrons. The average Bonchev–Trinajstić information content (AvgIpc) is 3.42. The Bertz CT molecular complexity index is 970. The highest BCUT2D eigenvalue weighted by Crippen LogP contribution is 2.41. The number of para-hydroxylation sites is 1. The van der Waals surface area contributed by atoms with Gasteiger partial charge < -0.3 is 5.32 Å². The highest BCUT2D eigenvalue weighted by atomic mass is 35.5. The van der Waals surface area contributed by atoms with Crippen molar-refractivity contribution in [1.29, 1.82) is 0 Å². The standard InChI is InChI=1S/C19H16Cl2N4OS/c20-13-7-5-12(6-8-13)18-23-24-19(25(18)14-9-10-14)27-11-17(26)22-16-4-2-1-3-15(16)21/h1-8,14H,9-11H2,(H,22,26). The second-order valence-corrected chi connectivity index (χ2v) is 8.02. The topological polar surface area (TPSA) is 59.8 Å². The molecule has 5 nitrogen and oxygen atoms in total. The van der Waals surface area contributed by atoms with Gasteiger partial charge in [0.15, 0.2) is 11.0 Å². The Labute approximate surface area is 171 Å². The predicted octanol–water partition coefficient (Wildman–Crippen LogP) is 5.32. The van der Waals surface area contributed by atoms with Crippen LogP contribution in [0.1, 0.15) is 18.9 Å². The summed E-state index contributed by atoms with van der Waals surface area (Å²) in [7, 11) is 0. The Hall–Kier alpha value is -2.02. The van der Waals surface area contributed by atoms with Crippen LogP contribution >= 0.6 is 35.0 Å². The monoisotopic (exact) mass is 418 g/mol. The van der Waals surface area contributed by atoms with Gasteiger partial charge >= 0.3 is 0 Å². The SMILES string of the molecule is O=C(CSc1nnc(-c2ccc(Cl)cc2)n1C1CC1)Nc1ccccc1Cl. The highest BCUT2D eigenvalue weighted by Gasteiger charge is 2.30. The van der Waals surface area contributed by atoms with Crippen LogP contribution in [0.3, 0.4) is 0 Å². The zero-order valence-electron chi connectivity index (χ0n) is 14.2. The van der Waals surface area contributed by atoms with Crippen LogP contribution in [0.2, 0.25) is 10.0 Å². The second-order valence-electron chi connectivity index (χ2n) is 6.23. The summed E-state index contributed by atoms with van der Waals surface area (Å²) in [5, 5.41) is 13.4. The van der Waals surface area contributed by atoms with Gasteiger partial charge in [-0.25, -0.2) is 0 Å². The first kappa shape index (κ1) is 18.3. The van der Waals surface area contributed by atoms with Crippen molar-refractivity contribution in [2.75, 3.05) is 11.1 Å². The molecule has 3 aromatic rings. The second kappa shape index (κ2) is 7.92. The third-order valence-electron chi connectivity index (χ3n) is 4.16. The quantitative estimate of drug-likeness (QED) is 0.550. The zero-order chi connectivity index (χ0) is 18.8. The minimum atomic E-state index is -0.133. The molecule has 1 amide bonds. The van der Waals surface area contributed by atoms with E-state index in [4.69, 9.17) is 23.2 Å². The van der Waals surface area contributed by atoms with Crippen LogP contribution in [0.15, 0.2) is 53.7 Å². The number of carbonyl (C=O) groups is 1. The minimum Gasteiger partial charge on any atom is -0.324 e. The van der Waals surface area contributed by atoms with E-state index in [2.05, 4.69) is 20.1 Å². The largest absolute Gasteiger partial charge is 0.324 e. The number of hydrogen-bond acceptors (Lipinski definition) is 4. The van der Waals surface area contributed by atoms with Gasteiger partial charge in [-0.05, 0) is 49.2 Å². The van der Waals surface area contributed by atoms with Crippen molar-refractivity contribution in [3.8, 4) is 11.4 Å². The lowest BCUT2D eigenvalue weighted by Gasteiger charge is -2.09. The van der Waals surface area contributed by atoms with Gasteiger partial charge in [0.1, 0.15) is 0 Å². The molecule has 0 atom stereocenters. The van der Waals surface area contributed by atoms with Crippen LogP contribution in [0.25, 0.3) is 11.4 Å². The first-order valence-electron chi connectivity index (χ1n) is 8.50. The van der Waals surface area contributed by atoms with Crippen LogP contribution in [0.4, 0.5) is 5.69 Å². The van der Waals surface area contributed by atoms with Gasteiger partial charge in [-0.3, -0.25) is 9.36 Å². The van der Waals surface area contributed by atoms with E-state index in [9.17, 15) is 4.79 Å². The number of hydrogen-bond donors (Lipinski definition) is 1. The van der Waals surface area contributed by atoms with Crippen LogP contribution in [0, 0.1) is 0 Å². The number of anilines is 1. The van der Waals surface area contributed by atoms with E-state index < -0.39 is 0 Å². The first-order valence-corrected chi connectivity index (χ1v) is 10.2. The number of halogens is 2. The molecule has 1 aromatic heterocycles. The number of carbonyl (C=O) groups excluding carboxylic acids is 1. The summed E-state index contributed by atoms with van der Waals surface area (Å²) in [5.41, 5.74) is 1.57. The summed E-state index contributed by atoms with van der Waals surface area (Å²) in [4.78, 5) is 12.3. The molecule has 0 saturated heterocycles. The van der Waals surface area contributed by atoms with Gasteiger partial charge in [-0.15, -0.1) is 10.2 Å². The summed E-state index contributed by atoms with van der Waals surface area (Å²) in [6.07, 6.45) is 2.19. The van der Waals surface area contributed by atoms with Crippen LogP contribution in [-0.4, -0.2) is 26.4 Å². The maximum Gasteiger partial charge on any atom is 0.234 e. The molecular weight excluding hydrogens is 403 g/mol. The molecule has 1 saturated carbocycles. The molecule has 1 fully saturated rings. The molecule has 138 valence electrons. The Kier molecular flexibility index (Phi) is 5.38. The molecule has 4 rings (SSSR count). The summed E-state index contributed by atoms with van der Waals surface area (Å²) < 4.78 is 2.12. The summed E-state index contributed by atoms with van der Waals surface area (Å²) >= 11 is 13.4. The predicted molar refractivity (Wildman–Crippen MR) is 110 cm³/mol. The Morgan fingerprint density at radius 3 is 2.56 bits per heavy atom. The Morgan fingerprint density at radius 1 is 1.11 bits per heavy atom. The normalized spacial score (nSPS) is 13.6. The van der Waals surface area contributed by atoms with Gasteiger partial charge in [-0.1, -0.05) is 47.1 Å². The molecular formula is C19H16Cl2N4OS. The zero-order valence-corrected chi connectivity index (χ0v) is 16.6. The molecule has 0 spiro atoms. The molecule has 0 bridgehead atoms. The molecule has 2 aromatic carbocycles. The molecule has 1 aliphatic rings. The Balaban J connectivity index is 1.48. The third-order valence-corrected chi connectivity index (χ3v) is 5.68. The number of rotatable bonds is 6. The number of thioether (sulfide) groups is 1. The fourth-order valence-corrected chi connectivity index (χ4v) is 3.83. The number of benzene rings is 2. The maximum absolute atomic E-state index is 12.3. The average molecular weight is 419 g/mol. The lowest BCUT2D eigenvalue weighted by Crippen LogP contribution is -2.15. The highest BCUT2D eigenvalue weighted by molar-refractivity contribution is 7.99. The third kappa shape index (κ3) is 4.29. The molecule has 1 heterocycles. The van der Waals surface area contributed by atoms with E-state index in [1.807, 2.05) is 36.4 Å². The summed E-state index contributed by atoms with van der Waals surface area (Å²) in [6.45, 7) is 0. The molecule has 1 N–H and O–H groups in total. The molecule has 1 aliphatic carbocycles. The van der Waals surface area contributed by atoms with Crippen molar-refractivity contribution < 1.29 is 4.79 Å². The lowest BCUT2D eigenvalue weighted by atomic mass is 10.2. The first-order chi connectivity index (χ1) is 13.1. The van der Waals surface area contributed by atoms with E-state index in [0.717, 1.165) is 29.4 Å². The Morgan fingerprint density at radius 2 is 1.85 bits per heavy atom. The van der Waals surface area contributed by atoms with Crippen LogP contribution < -0.4 is 5.32 Å². The van der Waals surface area contributed by atoms with Crippen molar-refractivity contribution in [3.05, 3.63) is 58.6 Å². The lowest BCUT2D eigenvalue weighted by molar-refractivity contribution is -0.113. The molecule has 8 heteroatoms. The van der Waals surface area contributed by atoms with Crippen LogP contribution in [0.5, 0.6) is 0 Å². The van der Waals surface area contributed by atoms with E-state index in [1.54, 1.807) is 12.1 Å². The molecule has 27 heavy (non-hydrogen) atoms. The van der Waals surface area contributed by atoms with E-state index >= 15 is 0 Å². The van der Waals surface area contributed by atoms with E-state index in [0.29, 0.717) is 21.8 Å². The molecule has 0 unspecified atom stereocenters. The smallest absolute Gasteiger partial charge is 0.234 e. The fraction of sp³-hybridized carbons (Fsp3) is 0.211. The van der Waals surface area contributed by atoms with Gasteiger partial charge in [0.05, 0.1) is 16.5 Å². The van der Waals surface area contributed by atoms with E-state index in [1.165, 1.54) is 11.8 Å². The van der Waals surface area contributed by atoms with Crippen molar-refractivity contribution in [1.82, 2.24) is 14.8 Å². The van der Waals surface area contributed by atoms with Crippen molar-refractivity contribution >= 4 is 46.6 Å². The van der Waals surface area contributed by atoms with Gasteiger partial charge in [0.2, 0.25) is 5.91 Å². The van der Waals surface area contributed by atoms with Gasteiger partial charge in [0.25, 0.3) is 0 Å². The number of amides is 1. The number of nitrogens with one attached hydrogen (secondary N) is 1. The summed E-state index contributed by atoms with van der Waals surface area (Å²) in [5.74, 6) is 0.908. The van der Waals surface area contributed by atoms with Crippen LogP contribution in [-0.2, 0) is 4.79 Å². The molecule has 0 aliphatic heterocycles. The van der Waals surface area contributed by atoms with Crippen molar-refractivity contribution in [2.45, 2.75) is 24.0 Å². The van der Waals surface area contributed by atoms with E-state index in [-0.39, 0.29) is 11.7 Å². The number of aromatic nitrogens is 3. The summed E-state index contributed by atoms with van der Waals surface area (Å²) in [6, 6.07) is 15.1. The number of nitrogens with zero attached hydrogens (tertiary/aromatic N) is 3. The van der Waals surface area contributed by atoms with Gasteiger partial charge in [0, 0.05) is 16.6 Å². The van der Waals surface area contributed by atoms with Gasteiger partial charge in [-0.2, -0.15) is 0 Å². The minimum absolute atomic E-state index is 0.133.